The van der Waals surface area contributed by atoms with Crippen LogP contribution in [0.5, 0.6) is 5.75 Å². The topological polar surface area (TPSA) is 70.2 Å². The Labute approximate surface area is 173 Å². The SMILES string of the molecule is COc1c(C)ccc2[nH]c(CC3C[C@H]4CC[C@@H](C3)N4CC(=O)NC(C)(C)C)nc12. The van der Waals surface area contributed by atoms with Crippen LogP contribution in [0.2, 0.25) is 0 Å². The maximum Gasteiger partial charge on any atom is 0.234 e. The van der Waals surface area contributed by atoms with E-state index in [2.05, 4.69) is 34.3 Å². The van der Waals surface area contributed by atoms with Crippen LogP contribution in [-0.2, 0) is 11.2 Å². The fourth-order valence-electron chi connectivity index (χ4n) is 5.27. The van der Waals surface area contributed by atoms with Gasteiger partial charge in [-0.3, -0.25) is 9.69 Å². The van der Waals surface area contributed by atoms with Crippen LogP contribution in [0.4, 0.5) is 0 Å². The van der Waals surface area contributed by atoms with E-state index in [1.54, 1.807) is 7.11 Å². The molecule has 29 heavy (non-hydrogen) atoms. The summed E-state index contributed by atoms with van der Waals surface area (Å²) in [5.41, 5.74) is 2.91. The fourth-order valence-corrected chi connectivity index (χ4v) is 5.27. The number of nitrogens with one attached hydrogen (secondary N) is 2. The van der Waals surface area contributed by atoms with E-state index in [0.29, 0.717) is 24.5 Å². The number of benzene rings is 1. The lowest BCUT2D eigenvalue weighted by Crippen LogP contribution is -2.51. The third kappa shape index (κ3) is 4.27. The summed E-state index contributed by atoms with van der Waals surface area (Å²) in [6, 6.07) is 5.20. The number of amides is 1. The van der Waals surface area contributed by atoms with Crippen LogP contribution in [-0.4, -0.2) is 52.1 Å². The van der Waals surface area contributed by atoms with Gasteiger partial charge in [0, 0.05) is 24.0 Å². The molecule has 6 nitrogen and oxygen atoms in total. The van der Waals surface area contributed by atoms with Crippen LogP contribution >= 0.6 is 0 Å². The summed E-state index contributed by atoms with van der Waals surface area (Å²) >= 11 is 0. The number of aromatic nitrogens is 2. The van der Waals surface area contributed by atoms with Crippen LogP contribution in [0.15, 0.2) is 12.1 Å². The van der Waals surface area contributed by atoms with Crippen molar-refractivity contribution >= 4 is 16.9 Å². The van der Waals surface area contributed by atoms with Crippen molar-refractivity contribution in [2.45, 2.75) is 77.4 Å². The van der Waals surface area contributed by atoms with Crippen LogP contribution in [0, 0.1) is 12.8 Å². The summed E-state index contributed by atoms with van der Waals surface area (Å²) in [4.78, 5) is 23.2. The molecular formula is C23H34N4O2. The number of hydrogen-bond donors (Lipinski definition) is 2. The van der Waals surface area contributed by atoms with Gasteiger partial charge in [-0.1, -0.05) is 6.07 Å². The summed E-state index contributed by atoms with van der Waals surface area (Å²) in [7, 11) is 1.71. The second-order valence-corrected chi connectivity index (χ2v) is 9.89. The molecule has 3 heterocycles. The molecule has 2 N–H and O–H groups in total. The Bertz CT molecular complexity index is 884. The van der Waals surface area contributed by atoms with Crippen molar-refractivity contribution in [2.24, 2.45) is 5.92 Å². The summed E-state index contributed by atoms with van der Waals surface area (Å²) in [5, 5.41) is 3.11. The highest BCUT2D eigenvalue weighted by molar-refractivity contribution is 5.83. The maximum absolute atomic E-state index is 12.4. The molecule has 1 aromatic heterocycles. The number of H-pyrrole nitrogens is 1. The highest BCUT2D eigenvalue weighted by Gasteiger charge is 2.41. The van der Waals surface area contributed by atoms with Crippen molar-refractivity contribution in [3.63, 3.8) is 0 Å². The smallest absolute Gasteiger partial charge is 0.234 e. The molecule has 2 saturated heterocycles. The van der Waals surface area contributed by atoms with Crippen molar-refractivity contribution in [2.75, 3.05) is 13.7 Å². The molecule has 0 spiro atoms. The van der Waals surface area contributed by atoms with Crippen molar-refractivity contribution < 1.29 is 9.53 Å². The minimum atomic E-state index is -0.171. The standard InChI is InChI=1S/C23H34N4O2/c1-14-6-9-18-21(22(14)29-5)25-19(24-18)12-15-10-16-7-8-17(11-15)27(16)13-20(28)26-23(2,3)4/h6,9,15-17H,7-8,10-13H2,1-5H3,(H,24,25)(H,26,28)/t15?,16-,17+. The Kier molecular flexibility index (Phi) is 5.32. The number of carbonyl (C=O) groups excluding carboxylic acids is 1. The Hall–Kier alpha value is -2.08. The van der Waals surface area contributed by atoms with Crippen LogP contribution in [0.1, 0.15) is 57.8 Å². The van der Waals surface area contributed by atoms with Gasteiger partial charge >= 0.3 is 0 Å². The Morgan fingerprint density at radius 2 is 1.97 bits per heavy atom. The Balaban J connectivity index is 1.42. The quantitative estimate of drug-likeness (QED) is 0.808. The molecule has 4 rings (SSSR count). The number of methoxy groups -OCH3 is 1. The van der Waals surface area contributed by atoms with E-state index < -0.39 is 0 Å². The van der Waals surface area contributed by atoms with Gasteiger partial charge in [-0.25, -0.2) is 4.98 Å². The van der Waals surface area contributed by atoms with Gasteiger partial charge in [0.25, 0.3) is 0 Å². The molecule has 3 atom stereocenters. The summed E-state index contributed by atoms with van der Waals surface area (Å²) in [6.45, 7) is 8.69. The zero-order chi connectivity index (χ0) is 20.8. The van der Waals surface area contributed by atoms with Crippen molar-refractivity contribution in [1.29, 1.82) is 0 Å². The number of imidazole rings is 1. The first kappa shape index (κ1) is 20.2. The summed E-state index contributed by atoms with van der Waals surface area (Å²) in [5.74, 6) is 2.67. The predicted molar refractivity (Wildman–Crippen MR) is 115 cm³/mol. The normalized spacial score (nSPS) is 24.8. The number of carbonyl (C=O) groups is 1. The Morgan fingerprint density at radius 3 is 2.59 bits per heavy atom. The molecule has 2 aliphatic heterocycles. The number of fused-ring (bicyclic) bond motifs is 3. The van der Waals surface area contributed by atoms with Crippen LogP contribution in [0.3, 0.4) is 0 Å². The number of ether oxygens (including phenoxy) is 1. The van der Waals surface area contributed by atoms with Crippen molar-refractivity contribution in [3.05, 3.63) is 23.5 Å². The number of piperidine rings is 1. The first-order valence-corrected chi connectivity index (χ1v) is 10.8. The molecule has 2 aliphatic rings. The molecule has 1 unspecified atom stereocenters. The number of hydrogen-bond acceptors (Lipinski definition) is 4. The van der Waals surface area contributed by atoms with Gasteiger partial charge in [0.15, 0.2) is 0 Å². The van der Waals surface area contributed by atoms with Crippen molar-refractivity contribution in [3.8, 4) is 5.75 Å². The van der Waals surface area contributed by atoms with Gasteiger partial charge in [-0.05, 0) is 70.9 Å². The number of nitrogens with zero attached hydrogens (tertiary/aromatic N) is 2. The van der Waals surface area contributed by atoms with E-state index in [1.807, 2.05) is 20.8 Å². The van der Waals surface area contributed by atoms with Gasteiger partial charge in [-0.2, -0.15) is 0 Å². The minimum Gasteiger partial charge on any atom is -0.494 e. The lowest BCUT2D eigenvalue weighted by Gasteiger charge is -2.38. The van der Waals surface area contributed by atoms with E-state index in [-0.39, 0.29) is 11.4 Å². The molecule has 0 radical (unpaired) electrons. The molecule has 158 valence electrons. The third-order valence-corrected chi connectivity index (χ3v) is 6.36. The van der Waals surface area contributed by atoms with E-state index in [9.17, 15) is 4.79 Å². The third-order valence-electron chi connectivity index (χ3n) is 6.36. The monoisotopic (exact) mass is 398 g/mol. The number of rotatable bonds is 5. The lowest BCUT2D eigenvalue weighted by molar-refractivity contribution is -0.125. The van der Waals surface area contributed by atoms with Gasteiger partial charge in [0.1, 0.15) is 17.1 Å². The van der Waals surface area contributed by atoms with E-state index >= 15 is 0 Å². The Morgan fingerprint density at radius 1 is 1.28 bits per heavy atom. The molecule has 6 heteroatoms. The molecule has 2 bridgehead atoms. The molecule has 1 aromatic carbocycles. The minimum absolute atomic E-state index is 0.146. The molecular weight excluding hydrogens is 364 g/mol. The summed E-state index contributed by atoms with van der Waals surface area (Å²) in [6.07, 6.45) is 5.67. The van der Waals surface area contributed by atoms with Crippen LogP contribution < -0.4 is 10.1 Å². The van der Waals surface area contributed by atoms with E-state index in [1.165, 1.54) is 12.8 Å². The van der Waals surface area contributed by atoms with Gasteiger partial charge in [0.2, 0.25) is 5.91 Å². The van der Waals surface area contributed by atoms with Crippen molar-refractivity contribution in [1.82, 2.24) is 20.2 Å². The van der Waals surface area contributed by atoms with Crippen LogP contribution in [0.25, 0.3) is 11.0 Å². The molecule has 2 fully saturated rings. The summed E-state index contributed by atoms with van der Waals surface area (Å²) < 4.78 is 5.56. The van der Waals surface area contributed by atoms with Gasteiger partial charge in [0.05, 0.1) is 19.2 Å². The average molecular weight is 399 g/mol. The maximum atomic E-state index is 12.4. The fraction of sp³-hybridized carbons (Fsp3) is 0.652. The highest BCUT2D eigenvalue weighted by Crippen LogP contribution is 2.40. The molecule has 0 saturated carbocycles. The number of aryl methyl sites for hydroxylation is 1. The lowest BCUT2D eigenvalue weighted by atomic mass is 9.88. The highest BCUT2D eigenvalue weighted by atomic mass is 16.5. The van der Waals surface area contributed by atoms with Gasteiger partial charge < -0.3 is 15.0 Å². The second-order valence-electron chi connectivity index (χ2n) is 9.89. The molecule has 1 amide bonds. The molecule has 2 aromatic rings. The van der Waals surface area contributed by atoms with Gasteiger partial charge in [-0.15, -0.1) is 0 Å². The first-order chi connectivity index (χ1) is 13.7. The zero-order valence-electron chi connectivity index (χ0n) is 18.3. The molecule has 0 aliphatic carbocycles. The second kappa shape index (κ2) is 7.63. The zero-order valence-corrected chi connectivity index (χ0v) is 18.3. The average Bonchev–Trinajstić information content (AvgIpc) is 3.10. The number of aromatic amines is 1. The van der Waals surface area contributed by atoms with E-state index in [0.717, 1.165) is 47.4 Å². The predicted octanol–water partition coefficient (Wildman–Crippen LogP) is 3.58. The first-order valence-electron chi connectivity index (χ1n) is 10.8. The largest absolute Gasteiger partial charge is 0.494 e. The van der Waals surface area contributed by atoms with E-state index in [4.69, 9.17) is 9.72 Å².